The van der Waals surface area contributed by atoms with Crippen molar-refractivity contribution in [3.63, 3.8) is 0 Å². The first kappa shape index (κ1) is 14.7. The fraction of sp³-hybridized carbons (Fsp3) is 0.278. The standard InChI is InChI=1S/C18H19BrN4/c1-4-23-17-11(2)20-6-5-14(17)16-8-13(19)7-15(18(16)23)12-9-21-22(3)10-12/h5-8,10,21H,4,9H2,1-3H3. The van der Waals surface area contributed by atoms with Gasteiger partial charge in [0.15, 0.2) is 0 Å². The molecule has 1 aliphatic rings. The molecule has 0 radical (unpaired) electrons. The zero-order chi connectivity index (χ0) is 16.1. The molecule has 0 amide bonds. The quantitative estimate of drug-likeness (QED) is 0.737. The van der Waals surface area contributed by atoms with E-state index in [1.807, 2.05) is 18.3 Å². The molecule has 118 valence electrons. The van der Waals surface area contributed by atoms with Gasteiger partial charge in [-0.1, -0.05) is 15.9 Å². The molecule has 0 saturated heterocycles. The third-order valence-electron chi connectivity index (χ3n) is 4.54. The lowest BCUT2D eigenvalue weighted by Crippen LogP contribution is -2.23. The van der Waals surface area contributed by atoms with Gasteiger partial charge in [-0.25, -0.2) is 5.43 Å². The van der Waals surface area contributed by atoms with Crippen LogP contribution in [0.25, 0.3) is 27.4 Å². The monoisotopic (exact) mass is 370 g/mol. The maximum Gasteiger partial charge on any atom is 0.0707 e. The fourth-order valence-electron chi connectivity index (χ4n) is 3.58. The Morgan fingerprint density at radius 2 is 2.09 bits per heavy atom. The van der Waals surface area contributed by atoms with Crippen molar-refractivity contribution in [3.05, 3.63) is 46.3 Å². The number of aromatic nitrogens is 2. The Kier molecular flexibility index (Phi) is 3.43. The Balaban J connectivity index is 2.18. The zero-order valence-corrected chi connectivity index (χ0v) is 15.1. The van der Waals surface area contributed by atoms with Gasteiger partial charge in [-0.3, -0.25) is 4.98 Å². The van der Waals surface area contributed by atoms with Gasteiger partial charge in [0.2, 0.25) is 0 Å². The van der Waals surface area contributed by atoms with Crippen LogP contribution in [0, 0.1) is 6.92 Å². The van der Waals surface area contributed by atoms with Gasteiger partial charge < -0.3 is 9.58 Å². The van der Waals surface area contributed by atoms with Crippen molar-refractivity contribution in [2.45, 2.75) is 20.4 Å². The number of fused-ring (bicyclic) bond motifs is 3. The highest BCUT2D eigenvalue weighted by Gasteiger charge is 2.20. The molecule has 0 aliphatic carbocycles. The molecule has 0 spiro atoms. The summed E-state index contributed by atoms with van der Waals surface area (Å²) in [6, 6.07) is 6.57. The van der Waals surface area contributed by atoms with Crippen LogP contribution in [0.2, 0.25) is 0 Å². The van der Waals surface area contributed by atoms with E-state index in [0.29, 0.717) is 0 Å². The lowest BCUT2D eigenvalue weighted by Gasteiger charge is -2.10. The molecular weight excluding hydrogens is 352 g/mol. The van der Waals surface area contributed by atoms with E-state index in [2.05, 4.69) is 69.2 Å². The summed E-state index contributed by atoms with van der Waals surface area (Å²) in [5.74, 6) is 0. The van der Waals surface area contributed by atoms with Crippen LogP contribution in [0.15, 0.2) is 35.1 Å². The number of hydrogen-bond donors (Lipinski definition) is 1. The van der Waals surface area contributed by atoms with E-state index in [1.54, 1.807) is 0 Å². The molecule has 0 atom stereocenters. The number of pyridine rings is 1. The number of hydrazine groups is 1. The summed E-state index contributed by atoms with van der Waals surface area (Å²) >= 11 is 3.69. The van der Waals surface area contributed by atoms with E-state index in [9.17, 15) is 0 Å². The van der Waals surface area contributed by atoms with Crippen LogP contribution >= 0.6 is 15.9 Å². The number of halogens is 1. The smallest absolute Gasteiger partial charge is 0.0707 e. The molecule has 5 heteroatoms. The molecule has 1 N–H and O–H groups in total. The van der Waals surface area contributed by atoms with Crippen molar-refractivity contribution in [2.75, 3.05) is 13.6 Å². The predicted octanol–water partition coefficient (Wildman–Crippen LogP) is 4.07. The summed E-state index contributed by atoms with van der Waals surface area (Å²) < 4.78 is 3.51. The SMILES string of the molecule is CCn1c2c(C3=CN(C)NC3)cc(Br)cc2c2ccnc(C)c21. The van der Waals surface area contributed by atoms with Crippen LogP contribution in [0.4, 0.5) is 0 Å². The van der Waals surface area contributed by atoms with Crippen LogP contribution in [0.3, 0.4) is 0 Å². The van der Waals surface area contributed by atoms with Crippen LogP contribution in [-0.4, -0.2) is 28.2 Å². The normalized spacial score (nSPS) is 15.0. The number of rotatable bonds is 2. The minimum absolute atomic E-state index is 0.852. The van der Waals surface area contributed by atoms with Crippen molar-refractivity contribution in [2.24, 2.45) is 0 Å². The van der Waals surface area contributed by atoms with Crippen molar-refractivity contribution >= 4 is 43.3 Å². The van der Waals surface area contributed by atoms with Gasteiger partial charge in [-0.2, -0.15) is 0 Å². The lowest BCUT2D eigenvalue weighted by molar-refractivity contribution is 0.374. The molecule has 0 unspecified atom stereocenters. The second-order valence-electron chi connectivity index (χ2n) is 5.99. The largest absolute Gasteiger partial charge is 0.339 e. The molecule has 0 saturated carbocycles. The maximum absolute atomic E-state index is 4.51. The van der Waals surface area contributed by atoms with E-state index in [1.165, 1.54) is 32.9 Å². The minimum Gasteiger partial charge on any atom is -0.339 e. The third kappa shape index (κ3) is 2.18. The van der Waals surface area contributed by atoms with Crippen molar-refractivity contribution in [1.29, 1.82) is 0 Å². The second kappa shape index (κ2) is 5.35. The average Bonchev–Trinajstić information content (AvgIpc) is 3.09. The molecule has 4 nitrogen and oxygen atoms in total. The highest BCUT2D eigenvalue weighted by atomic mass is 79.9. The molecule has 4 rings (SSSR count). The van der Waals surface area contributed by atoms with Gasteiger partial charge in [0, 0.05) is 53.3 Å². The molecule has 1 aliphatic heterocycles. The molecule has 3 heterocycles. The topological polar surface area (TPSA) is 33.1 Å². The number of hydrogen-bond acceptors (Lipinski definition) is 3. The summed E-state index contributed by atoms with van der Waals surface area (Å²) in [6.07, 6.45) is 4.08. The Morgan fingerprint density at radius 3 is 2.78 bits per heavy atom. The van der Waals surface area contributed by atoms with Gasteiger partial charge in [0.1, 0.15) is 0 Å². The van der Waals surface area contributed by atoms with Crippen molar-refractivity contribution in [1.82, 2.24) is 20.0 Å². The third-order valence-corrected chi connectivity index (χ3v) is 5.00. The van der Waals surface area contributed by atoms with E-state index in [0.717, 1.165) is 23.3 Å². The second-order valence-corrected chi connectivity index (χ2v) is 6.90. The minimum atomic E-state index is 0.852. The summed E-state index contributed by atoms with van der Waals surface area (Å²) in [7, 11) is 2.03. The number of nitrogens with zero attached hydrogens (tertiary/aromatic N) is 3. The first-order valence-corrected chi connectivity index (χ1v) is 8.64. The Bertz CT molecular complexity index is 955. The Labute approximate surface area is 143 Å². The van der Waals surface area contributed by atoms with Crippen LogP contribution < -0.4 is 5.43 Å². The molecule has 0 fully saturated rings. The molecule has 1 aromatic carbocycles. The van der Waals surface area contributed by atoms with Crippen LogP contribution in [0.5, 0.6) is 0 Å². The van der Waals surface area contributed by atoms with E-state index >= 15 is 0 Å². The van der Waals surface area contributed by atoms with Gasteiger partial charge in [-0.05, 0) is 37.6 Å². The highest BCUT2D eigenvalue weighted by Crippen LogP contribution is 2.37. The van der Waals surface area contributed by atoms with Gasteiger partial charge in [-0.15, -0.1) is 0 Å². The van der Waals surface area contributed by atoms with Crippen LogP contribution in [-0.2, 0) is 6.54 Å². The first-order chi connectivity index (χ1) is 11.1. The number of benzene rings is 1. The summed E-state index contributed by atoms with van der Waals surface area (Å²) in [6.45, 7) is 6.07. The highest BCUT2D eigenvalue weighted by molar-refractivity contribution is 9.10. The van der Waals surface area contributed by atoms with Gasteiger partial charge in [0.05, 0.1) is 16.7 Å². The Morgan fingerprint density at radius 1 is 1.26 bits per heavy atom. The van der Waals surface area contributed by atoms with Crippen LogP contribution in [0.1, 0.15) is 18.2 Å². The predicted molar refractivity (Wildman–Crippen MR) is 99.1 cm³/mol. The van der Waals surface area contributed by atoms with Crippen molar-refractivity contribution < 1.29 is 0 Å². The molecule has 3 aromatic rings. The first-order valence-electron chi connectivity index (χ1n) is 7.84. The molecular formula is C18H19BrN4. The molecule has 23 heavy (non-hydrogen) atoms. The van der Waals surface area contributed by atoms with Gasteiger partial charge in [0.25, 0.3) is 0 Å². The summed E-state index contributed by atoms with van der Waals surface area (Å²) in [4.78, 5) is 4.51. The Hall–Kier alpha value is -1.85. The summed E-state index contributed by atoms with van der Waals surface area (Å²) in [5.41, 5.74) is 9.55. The molecule has 0 bridgehead atoms. The van der Waals surface area contributed by atoms with Gasteiger partial charge >= 0.3 is 0 Å². The molecule has 2 aromatic heterocycles. The lowest BCUT2D eigenvalue weighted by atomic mass is 10.0. The van der Waals surface area contributed by atoms with Crippen molar-refractivity contribution in [3.8, 4) is 0 Å². The summed E-state index contributed by atoms with van der Waals surface area (Å²) in [5, 5.41) is 4.58. The van der Waals surface area contributed by atoms with E-state index < -0.39 is 0 Å². The maximum atomic E-state index is 4.51. The number of aryl methyl sites for hydroxylation is 2. The average molecular weight is 371 g/mol. The number of nitrogens with one attached hydrogen (secondary N) is 1. The van der Waals surface area contributed by atoms with E-state index in [4.69, 9.17) is 0 Å². The zero-order valence-electron chi connectivity index (χ0n) is 13.5. The van der Waals surface area contributed by atoms with E-state index in [-0.39, 0.29) is 0 Å². The fourth-order valence-corrected chi connectivity index (χ4v) is 4.04.